The summed E-state index contributed by atoms with van der Waals surface area (Å²) >= 11 is 1.29. The number of carboxylic acid groups (broad SMARTS) is 1. The minimum atomic E-state index is -1.08. The molecule has 1 saturated heterocycles. The highest BCUT2D eigenvalue weighted by Gasteiger charge is 2.33. The van der Waals surface area contributed by atoms with E-state index in [9.17, 15) is 9.59 Å². The summed E-state index contributed by atoms with van der Waals surface area (Å²) in [6.45, 7) is 1.78. The number of aromatic nitrogens is 1. The summed E-state index contributed by atoms with van der Waals surface area (Å²) < 4.78 is 10.8. The Balaban J connectivity index is 1.65. The van der Waals surface area contributed by atoms with Crippen molar-refractivity contribution in [3.8, 4) is 11.5 Å². The van der Waals surface area contributed by atoms with Crippen LogP contribution in [0, 0.1) is 0 Å². The molecule has 1 aliphatic heterocycles. The Morgan fingerprint density at radius 3 is 2.66 bits per heavy atom. The minimum absolute atomic E-state index is 0.174. The van der Waals surface area contributed by atoms with Gasteiger partial charge in [0.05, 0.1) is 24.2 Å². The minimum Gasteiger partial charge on any atom is -0.493 e. The lowest BCUT2D eigenvalue weighted by Gasteiger charge is -2.15. The molecule has 3 aromatic rings. The molecule has 0 radical (unpaired) electrons. The number of hydrogen-bond acceptors (Lipinski definition) is 7. The van der Waals surface area contributed by atoms with Gasteiger partial charge in [-0.25, -0.2) is 9.79 Å². The van der Waals surface area contributed by atoms with Crippen molar-refractivity contribution in [2.75, 3.05) is 7.11 Å². The molecule has 0 unspecified atom stereocenters. The van der Waals surface area contributed by atoms with Gasteiger partial charge in [-0.05, 0) is 66.2 Å². The third-order valence-corrected chi connectivity index (χ3v) is 6.08. The van der Waals surface area contributed by atoms with E-state index in [1.165, 1.54) is 25.8 Å². The molecular formula is C26H23N3O5S. The Morgan fingerprint density at radius 1 is 1.17 bits per heavy atom. The van der Waals surface area contributed by atoms with E-state index in [-0.39, 0.29) is 5.91 Å². The maximum absolute atomic E-state index is 13.4. The SMILES string of the molecule is COc1cc(/C=C2\SC(=Nc3ccccc3)N(Cc3cccnc3)C2=O)ccc1O[C@H](C)C(=O)O. The number of carbonyl (C=O) groups excluding carboxylic acids is 1. The van der Waals surface area contributed by atoms with Crippen molar-refractivity contribution in [1.29, 1.82) is 0 Å². The molecular weight excluding hydrogens is 466 g/mol. The van der Waals surface area contributed by atoms with Gasteiger partial charge in [0.2, 0.25) is 0 Å². The van der Waals surface area contributed by atoms with Crippen LogP contribution >= 0.6 is 11.8 Å². The summed E-state index contributed by atoms with van der Waals surface area (Å²) in [5, 5.41) is 9.67. The zero-order chi connectivity index (χ0) is 24.8. The monoisotopic (exact) mass is 489 g/mol. The first kappa shape index (κ1) is 24.0. The van der Waals surface area contributed by atoms with Crippen molar-refractivity contribution < 1.29 is 24.2 Å². The molecule has 4 rings (SSSR count). The third-order valence-electron chi connectivity index (χ3n) is 5.07. The normalized spacial score (nSPS) is 16.5. The van der Waals surface area contributed by atoms with E-state index >= 15 is 0 Å². The van der Waals surface area contributed by atoms with E-state index in [1.807, 2.05) is 42.5 Å². The molecule has 1 amide bonds. The van der Waals surface area contributed by atoms with Crippen LogP contribution in [-0.2, 0) is 16.1 Å². The first-order chi connectivity index (χ1) is 16.9. The van der Waals surface area contributed by atoms with Crippen LogP contribution in [0.4, 0.5) is 5.69 Å². The van der Waals surface area contributed by atoms with Crippen LogP contribution in [0.25, 0.3) is 6.08 Å². The quantitative estimate of drug-likeness (QED) is 0.456. The molecule has 2 heterocycles. The molecule has 35 heavy (non-hydrogen) atoms. The van der Waals surface area contributed by atoms with Crippen LogP contribution < -0.4 is 9.47 Å². The number of ether oxygens (including phenoxy) is 2. The fraction of sp³-hybridized carbons (Fsp3) is 0.154. The summed E-state index contributed by atoms with van der Waals surface area (Å²) in [6.07, 6.45) is 4.13. The molecule has 0 spiro atoms. The lowest BCUT2D eigenvalue weighted by molar-refractivity contribution is -0.144. The molecule has 2 aromatic carbocycles. The Morgan fingerprint density at radius 2 is 1.97 bits per heavy atom. The molecule has 1 fully saturated rings. The molecule has 0 saturated carbocycles. The molecule has 1 aliphatic rings. The average molecular weight is 490 g/mol. The van der Waals surface area contributed by atoms with Crippen molar-refractivity contribution >= 4 is 40.6 Å². The molecule has 8 nitrogen and oxygen atoms in total. The van der Waals surface area contributed by atoms with Crippen molar-refractivity contribution in [2.24, 2.45) is 4.99 Å². The second-order valence-corrected chi connectivity index (χ2v) is 8.61. The van der Waals surface area contributed by atoms with E-state index in [4.69, 9.17) is 19.6 Å². The second kappa shape index (κ2) is 10.9. The van der Waals surface area contributed by atoms with Crippen molar-refractivity contribution in [3.05, 3.63) is 89.1 Å². The number of amides is 1. The van der Waals surface area contributed by atoms with Gasteiger partial charge in [0.15, 0.2) is 22.8 Å². The number of nitrogens with zero attached hydrogens (tertiary/aromatic N) is 3. The molecule has 1 aromatic heterocycles. The number of carbonyl (C=O) groups is 2. The van der Waals surface area contributed by atoms with E-state index in [0.29, 0.717) is 33.7 Å². The number of benzene rings is 2. The predicted molar refractivity (Wildman–Crippen MR) is 135 cm³/mol. The number of amidine groups is 1. The molecule has 178 valence electrons. The maximum atomic E-state index is 13.4. The van der Waals surface area contributed by atoms with Crippen LogP contribution in [-0.4, -0.2) is 45.2 Å². The van der Waals surface area contributed by atoms with Gasteiger partial charge >= 0.3 is 5.97 Å². The standard InChI is InChI=1S/C26H23N3O5S/c1-17(25(31)32)34-21-11-10-18(13-22(21)33-2)14-23-24(30)29(16-19-7-6-12-27-15-19)26(35-23)28-20-8-4-3-5-9-20/h3-15,17H,16H2,1-2H3,(H,31,32)/b23-14-,28-26?/t17-/m1/s1. The topological polar surface area (TPSA) is 101 Å². The predicted octanol–water partition coefficient (Wildman–Crippen LogP) is 4.75. The Kier molecular flexibility index (Phi) is 7.47. The van der Waals surface area contributed by atoms with Gasteiger partial charge in [-0.3, -0.25) is 14.7 Å². The van der Waals surface area contributed by atoms with Crippen LogP contribution in [0.2, 0.25) is 0 Å². The van der Waals surface area contributed by atoms with Crippen LogP contribution in [0.1, 0.15) is 18.1 Å². The van der Waals surface area contributed by atoms with Gasteiger partial charge in [-0.1, -0.05) is 30.3 Å². The lowest BCUT2D eigenvalue weighted by Crippen LogP contribution is -2.28. The van der Waals surface area contributed by atoms with Crippen molar-refractivity contribution in [3.63, 3.8) is 0 Å². The van der Waals surface area contributed by atoms with Gasteiger partial charge in [0.25, 0.3) is 5.91 Å². The summed E-state index contributed by atoms with van der Waals surface area (Å²) in [5.74, 6) is -0.578. The number of rotatable bonds is 8. The van der Waals surface area contributed by atoms with E-state index in [1.54, 1.807) is 41.6 Å². The van der Waals surface area contributed by atoms with Gasteiger partial charge in [-0.15, -0.1) is 0 Å². The van der Waals surface area contributed by atoms with Crippen molar-refractivity contribution in [2.45, 2.75) is 19.6 Å². The molecule has 9 heteroatoms. The summed E-state index contributed by atoms with van der Waals surface area (Å²) in [7, 11) is 1.47. The number of pyridine rings is 1. The second-order valence-electron chi connectivity index (χ2n) is 7.60. The van der Waals surface area contributed by atoms with E-state index in [2.05, 4.69) is 4.98 Å². The van der Waals surface area contributed by atoms with Crippen molar-refractivity contribution in [1.82, 2.24) is 9.88 Å². The number of para-hydroxylation sites is 1. The Hall–Kier alpha value is -4.11. The highest BCUT2D eigenvalue weighted by molar-refractivity contribution is 8.18. The number of thioether (sulfide) groups is 1. The Labute approximate surface area is 206 Å². The summed E-state index contributed by atoms with van der Waals surface area (Å²) in [6, 6.07) is 18.3. The molecule has 1 N–H and O–H groups in total. The lowest BCUT2D eigenvalue weighted by atomic mass is 10.1. The summed E-state index contributed by atoms with van der Waals surface area (Å²) in [5.41, 5.74) is 2.34. The highest BCUT2D eigenvalue weighted by atomic mass is 32.2. The highest BCUT2D eigenvalue weighted by Crippen LogP contribution is 2.36. The Bertz CT molecular complexity index is 1280. The fourth-order valence-electron chi connectivity index (χ4n) is 3.28. The molecule has 0 aliphatic carbocycles. The largest absolute Gasteiger partial charge is 0.493 e. The number of aliphatic imine (C=N–C) groups is 1. The first-order valence-electron chi connectivity index (χ1n) is 10.8. The van der Waals surface area contributed by atoms with Gasteiger partial charge < -0.3 is 14.6 Å². The number of methoxy groups -OCH3 is 1. The van der Waals surface area contributed by atoms with Gasteiger partial charge in [-0.2, -0.15) is 0 Å². The number of aliphatic carboxylic acids is 1. The summed E-state index contributed by atoms with van der Waals surface area (Å²) in [4.78, 5) is 35.5. The van der Waals surface area contributed by atoms with Gasteiger partial charge in [0.1, 0.15) is 0 Å². The van der Waals surface area contributed by atoms with Crippen LogP contribution in [0.5, 0.6) is 11.5 Å². The molecule has 0 bridgehead atoms. The zero-order valence-electron chi connectivity index (χ0n) is 19.1. The zero-order valence-corrected chi connectivity index (χ0v) is 19.9. The number of carboxylic acids is 1. The van der Waals surface area contributed by atoms with Crippen LogP contribution in [0.3, 0.4) is 0 Å². The van der Waals surface area contributed by atoms with Gasteiger partial charge in [0, 0.05) is 12.4 Å². The first-order valence-corrected chi connectivity index (χ1v) is 11.6. The van der Waals surface area contributed by atoms with E-state index < -0.39 is 12.1 Å². The number of hydrogen-bond donors (Lipinski definition) is 1. The smallest absolute Gasteiger partial charge is 0.344 e. The van der Waals surface area contributed by atoms with E-state index in [0.717, 1.165) is 11.3 Å². The fourth-order valence-corrected chi connectivity index (χ4v) is 4.28. The third kappa shape index (κ3) is 5.88. The maximum Gasteiger partial charge on any atom is 0.344 e. The average Bonchev–Trinajstić information content (AvgIpc) is 3.14. The molecule has 1 atom stereocenters. The van der Waals surface area contributed by atoms with Crippen LogP contribution in [0.15, 0.2) is 83.0 Å².